The zero-order valence-corrected chi connectivity index (χ0v) is 12.6. The number of para-hydroxylation sites is 1. The summed E-state index contributed by atoms with van der Waals surface area (Å²) in [7, 11) is 2.07. The van der Waals surface area contributed by atoms with E-state index in [1.54, 1.807) is 0 Å². The van der Waals surface area contributed by atoms with E-state index in [-0.39, 0.29) is 11.5 Å². The van der Waals surface area contributed by atoms with Crippen LogP contribution in [0.2, 0.25) is 0 Å². The topological polar surface area (TPSA) is 32.7 Å². The average molecular weight is 263 g/mol. The van der Waals surface area contributed by atoms with Crippen molar-refractivity contribution in [1.29, 1.82) is 0 Å². The Morgan fingerprint density at radius 3 is 2.58 bits per heavy atom. The van der Waals surface area contributed by atoms with Gasteiger partial charge in [0.2, 0.25) is 0 Å². The first-order valence-corrected chi connectivity index (χ1v) is 6.94. The first-order chi connectivity index (χ1) is 8.82. The van der Waals surface area contributed by atoms with Gasteiger partial charge in [0.15, 0.2) is 0 Å². The maximum Gasteiger partial charge on any atom is 0.125 e. The zero-order valence-electron chi connectivity index (χ0n) is 12.6. The third kappa shape index (κ3) is 2.77. The summed E-state index contributed by atoms with van der Waals surface area (Å²) >= 11 is 0. The summed E-state index contributed by atoms with van der Waals surface area (Å²) < 4.78 is 5.79. The van der Waals surface area contributed by atoms with Gasteiger partial charge in [0.1, 0.15) is 18.5 Å². The molecule has 1 aromatic carbocycles. The smallest absolute Gasteiger partial charge is 0.125 e. The molecule has 2 rings (SSSR count). The Bertz CT molecular complexity index is 439. The Morgan fingerprint density at radius 1 is 1.32 bits per heavy atom. The van der Waals surface area contributed by atoms with Gasteiger partial charge in [-0.15, -0.1) is 0 Å². The molecule has 19 heavy (non-hydrogen) atoms. The van der Waals surface area contributed by atoms with E-state index >= 15 is 0 Å². The summed E-state index contributed by atoms with van der Waals surface area (Å²) in [4.78, 5) is 2.24. The molecule has 1 aromatic rings. The van der Waals surface area contributed by atoms with Crippen molar-refractivity contribution in [3.8, 4) is 5.75 Å². The standard InChI is InChI=1S/C16H25NO2/c1-11(16(2,3)4)17(5)13-10-19-14-9-7-6-8-12(14)15(13)18/h6-9,11,13,15,18H,10H2,1-5H3. The molecule has 1 aliphatic heterocycles. The molecule has 3 heteroatoms. The van der Waals surface area contributed by atoms with Gasteiger partial charge in [-0.1, -0.05) is 39.0 Å². The molecule has 0 spiro atoms. The van der Waals surface area contributed by atoms with Crippen molar-refractivity contribution < 1.29 is 9.84 Å². The highest BCUT2D eigenvalue weighted by Gasteiger charge is 2.36. The highest BCUT2D eigenvalue weighted by Crippen LogP contribution is 2.36. The van der Waals surface area contributed by atoms with Crippen LogP contribution in [0, 0.1) is 5.41 Å². The van der Waals surface area contributed by atoms with Crippen LogP contribution in [0.5, 0.6) is 5.75 Å². The summed E-state index contributed by atoms with van der Waals surface area (Å²) in [5.41, 5.74) is 1.07. The van der Waals surface area contributed by atoms with Crippen LogP contribution in [0.3, 0.4) is 0 Å². The molecule has 0 saturated heterocycles. The summed E-state index contributed by atoms with van der Waals surface area (Å²) in [6, 6.07) is 8.11. The Hall–Kier alpha value is -1.06. The molecule has 0 aliphatic carbocycles. The summed E-state index contributed by atoms with van der Waals surface area (Å²) in [5.74, 6) is 0.808. The first kappa shape index (κ1) is 14.4. The van der Waals surface area contributed by atoms with Crippen molar-refractivity contribution in [2.24, 2.45) is 5.41 Å². The molecular weight excluding hydrogens is 238 g/mol. The quantitative estimate of drug-likeness (QED) is 0.890. The number of benzene rings is 1. The number of aliphatic hydroxyl groups is 1. The second-order valence-electron chi connectivity index (χ2n) is 6.57. The van der Waals surface area contributed by atoms with E-state index < -0.39 is 6.10 Å². The van der Waals surface area contributed by atoms with Crippen LogP contribution < -0.4 is 4.74 Å². The second-order valence-corrected chi connectivity index (χ2v) is 6.57. The number of likely N-dealkylation sites (N-methyl/N-ethyl adjacent to an activating group) is 1. The van der Waals surface area contributed by atoms with Gasteiger partial charge < -0.3 is 9.84 Å². The molecule has 1 N–H and O–H groups in total. The Morgan fingerprint density at radius 2 is 1.95 bits per heavy atom. The number of nitrogens with zero attached hydrogens (tertiary/aromatic N) is 1. The first-order valence-electron chi connectivity index (χ1n) is 6.94. The predicted octanol–water partition coefficient (Wildman–Crippen LogP) is 2.85. The van der Waals surface area contributed by atoms with E-state index in [0.29, 0.717) is 12.6 Å². The molecule has 1 aliphatic rings. The SMILES string of the molecule is CC(N(C)C1COc2ccccc2C1O)C(C)(C)C. The lowest BCUT2D eigenvalue weighted by atomic mass is 9.85. The molecule has 1 heterocycles. The summed E-state index contributed by atoms with van der Waals surface area (Å²) in [6.07, 6.45) is -0.486. The molecule has 106 valence electrons. The summed E-state index contributed by atoms with van der Waals surface area (Å²) in [6.45, 7) is 9.40. The van der Waals surface area contributed by atoms with Gasteiger partial charge in [-0.3, -0.25) is 4.90 Å². The predicted molar refractivity (Wildman–Crippen MR) is 77.4 cm³/mol. The van der Waals surface area contributed by atoms with Crippen LogP contribution in [0.1, 0.15) is 39.4 Å². The van der Waals surface area contributed by atoms with Crippen LogP contribution in [-0.4, -0.2) is 35.7 Å². The Labute approximate surface area is 116 Å². The van der Waals surface area contributed by atoms with Gasteiger partial charge >= 0.3 is 0 Å². The van der Waals surface area contributed by atoms with Crippen LogP contribution in [-0.2, 0) is 0 Å². The van der Waals surface area contributed by atoms with Gasteiger partial charge in [0, 0.05) is 11.6 Å². The van der Waals surface area contributed by atoms with Crippen molar-refractivity contribution in [3.05, 3.63) is 29.8 Å². The van der Waals surface area contributed by atoms with Crippen molar-refractivity contribution >= 4 is 0 Å². The normalized spacial score (nSPS) is 24.8. The molecule has 0 aromatic heterocycles. The van der Waals surface area contributed by atoms with Crippen molar-refractivity contribution in [2.75, 3.05) is 13.7 Å². The lowest BCUT2D eigenvalue weighted by Gasteiger charge is -2.43. The van der Waals surface area contributed by atoms with Crippen LogP contribution >= 0.6 is 0 Å². The highest BCUT2D eigenvalue weighted by atomic mass is 16.5. The molecule has 0 fully saturated rings. The number of aliphatic hydroxyl groups excluding tert-OH is 1. The van der Waals surface area contributed by atoms with Crippen LogP contribution in [0.15, 0.2) is 24.3 Å². The largest absolute Gasteiger partial charge is 0.491 e. The van der Waals surface area contributed by atoms with Gasteiger partial charge in [-0.25, -0.2) is 0 Å². The molecule has 0 radical (unpaired) electrons. The molecule has 3 unspecified atom stereocenters. The second kappa shape index (κ2) is 5.14. The fourth-order valence-corrected chi connectivity index (χ4v) is 2.57. The van der Waals surface area contributed by atoms with E-state index in [1.807, 2.05) is 24.3 Å². The van der Waals surface area contributed by atoms with E-state index in [2.05, 4.69) is 39.6 Å². The maximum absolute atomic E-state index is 10.6. The fraction of sp³-hybridized carbons (Fsp3) is 0.625. The third-order valence-corrected chi connectivity index (χ3v) is 4.40. The number of fused-ring (bicyclic) bond motifs is 1. The van der Waals surface area contributed by atoms with Crippen molar-refractivity contribution in [3.63, 3.8) is 0 Å². The van der Waals surface area contributed by atoms with Crippen LogP contribution in [0.4, 0.5) is 0 Å². The summed E-state index contributed by atoms with van der Waals surface area (Å²) in [5, 5.41) is 10.6. The van der Waals surface area contributed by atoms with E-state index in [1.165, 1.54) is 0 Å². The average Bonchev–Trinajstić information content (AvgIpc) is 2.37. The molecule has 0 bridgehead atoms. The van der Waals surface area contributed by atoms with E-state index in [9.17, 15) is 5.11 Å². The third-order valence-electron chi connectivity index (χ3n) is 4.40. The Balaban J connectivity index is 2.20. The highest BCUT2D eigenvalue weighted by molar-refractivity contribution is 5.37. The lowest BCUT2D eigenvalue weighted by Crippen LogP contribution is -2.51. The van der Waals surface area contributed by atoms with Gasteiger partial charge in [-0.2, -0.15) is 0 Å². The molecular formula is C16H25NO2. The fourth-order valence-electron chi connectivity index (χ4n) is 2.57. The number of ether oxygens (including phenoxy) is 1. The van der Waals surface area contributed by atoms with E-state index in [4.69, 9.17) is 4.74 Å². The van der Waals surface area contributed by atoms with Gasteiger partial charge in [0.25, 0.3) is 0 Å². The number of hydrogen-bond donors (Lipinski definition) is 1. The molecule has 3 nitrogen and oxygen atoms in total. The zero-order chi connectivity index (χ0) is 14.2. The van der Waals surface area contributed by atoms with Gasteiger partial charge in [-0.05, 0) is 25.5 Å². The maximum atomic E-state index is 10.6. The minimum Gasteiger partial charge on any atom is -0.491 e. The number of rotatable bonds is 2. The molecule has 0 saturated carbocycles. The number of hydrogen-bond acceptors (Lipinski definition) is 3. The molecule has 0 amide bonds. The van der Waals surface area contributed by atoms with E-state index in [0.717, 1.165) is 11.3 Å². The van der Waals surface area contributed by atoms with Crippen molar-refractivity contribution in [2.45, 2.75) is 45.9 Å². The minimum atomic E-state index is -0.486. The van der Waals surface area contributed by atoms with Gasteiger partial charge in [0.05, 0.1) is 6.04 Å². The monoisotopic (exact) mass is 263 g/mol. The van der Waals surface area contributed by atoms with Crippen molar-refractivity contribution in [1.82, 2.24) is 4.90 Å². The molecule has 3 atom stereocenters. The Kier molecular flexibility index (Phi) is 3.88. The minimum absolute atomic E-state index is 0.00382. The lowest BCUT2D eigenvalue weighted by molar-refractivity contribution is -0.0209. The van der Waals surface area contributed by atoms with Crippen LogP contribution in [0.25, 0.3) is 0 Å².